The van der Waals surface area contributed by atoms with Crippen LogP contribution in [0, 0.1) is 0 Å². The lowest BCUT2D eigenvalue weighted by Crippen LogP contribution is -1.97. The molecule has 0 atom stereocenters. The maximum atomic E-state index is 6.75. The number of para-hydroxylation sites is 8. The summed E-state index contributed by atoms with van der Waals surface area (Å²) >= 11 is 0. The smallest absolute Gasteiger partial charge is 0.0532 e. The molecule has 126 heavy (non-hydrogen) atoms. The van der Waals surface area contributed by atoms with E-state index >= 15 is 0 Å². The van der Waals surface area contributed by atoms with Gasteiger partial charge in [0, 0.05) is 171 Å². The highest BCUT2D eigenvalue weighted by Gasteiger charge is 2.19. The third-order valence-electron chi connectivity index (χ3n) is 18.8. The first-order valence-corrected chi connectivity index (χ1v) is 54.1. The molecule has 16 rings (SSSR count). The number of hydrogen-bond acceptors (Lipinski definition) is 30. The maximum Gasteiger partial charge on any atom is 0.0532 e. The van der Waals surface area contributed by atoms with E-state index in [1.807, 2.05) is 158 Å². The van der Waals surface area contributed by atoms with Gasteiger partial charge >= 0.3 is 0 Å². The van der Waals surface area contributed by atoms with Crippen molar-refractivity contribution >= 4 is 288 Å². The average molecular weight is 1910 g/mol. The lowest BCUT2D eigenvalue weighted by atomic mass is 10.2. The highest BCUT2D eigenvalue weighted by Crippen LogP contribution is 2.53. The largest absolute Gasteiger partial charge is 0.398 e. The summed E-state index contributed by atoms with van der Waals surface area (Å²) in [7, 11) is 22.7. The van der Waals surface area contributed by atoms with E-state index < -0.39 is 0 Å². The van der Waals surface area contributed by atoms with Crippen LogP contribution in [0.2, 0.25) is 0 Å². The molecule has 16 nitrogen and oxygen atoms in total. The van der Waals surface area contributed by atoms with Crippen LogP contribution in [0.25, 0.3) is 0 Å². The summed E-state index contributed by atoms with van der Waals surface area (Å²) < 4.78 is 0. The highest BCUT2D eigenvalue weighted by atomic mass is 33.1. The SMILES string of the molecule is Nc1ccccc1SSc1ccc(Nc2ccccc2SSc2cc(Nc3ccc(Nc4ccccc4SSc4ccccc4Nc4ccc(Nc5ccc(Nc6ccc(SSc7ccccc7N)c(N)c6)c(SSc6ccccc6Nc6ccc(SSc7ccccc7N)c(N)c6)c5)cc4)cc3)ccc2Nc2ccc(SSc3ccccc3N)c(N)c2)cc1N. The van der Waals surface area contributed by atoms with E-state index in [0.717, 1.165) is 182 Å². The van der Waals surface area contributed by atoms with E-state index in [9.17, 15) is 0 Å². The van der Waals surface area contributed by atoms with Gasteiger partial charge < -0.3 is 88.4 Å². The maximum absolute atomic E-state index is 6.75. The van der Waals surface area contributed by atoms with E-state index in [1.165, 1.54) is 0 Å². The van der Waals surface area contributed by atoms with Gasteiger partial charge in [-0.25, -0.2) is 0 Å². The van der Waals surface area contributed by atoms with Crippen molar-refractivity contribution in [2.24, 2.45) is 0 Å². The molecule has 16 aromatic rings. The molecule has 0 saturated heterocycles. The van der Waals surface area contributed by atoms with Crippen LogP contribution in [-0.2, 0) is 0 Å². The van der Waals surface area contributed by atoms with Crippen LogP contribution in [-0.4, -0.2) is 0 Å². The van der Waals surface area contributed by atoms with Crippen LogP contribution in [0.1, 0.15) is 0 Å². The molecule has 30 heteroatoms. The number of hydrogen-bond donors (Lipinski definition) is 16. The number of benzene rings is 16. The van der Waals surface area contributed by atoms with Crippen LogP contribution in [0.5, 0.6) is 0 Å². The minimum atomic E-state index is 0.659. The summed E-state index contributed by atoms with van der Waals surface area (Å²) in [6.07, 6.45) is 0. The van der Waals surface area contributed by atoms with Gasteiger partial charge in [0.1, 0.15) is 0 Å². The molecule has 0 spiro atoms. The van der Waals surface area contributed by atoms with E-state index in [4.69, 9.17) is 45.9 Å². The number of rotatable bonds is 37. The van der Waals surface area contributed by atoms with Crippen LogP contribution >= 0.6 is 151 Å². The van der Waals surface area contributed by atoms with Gasteiger partial charge in [0.15, 0.2) is 0 Å². The van der Waals surface area contributed by atoms with E-state index in [0.29, 0.717) is 22.7 Å². The first kappa shape index (κ1) is 88.6. The molecular formula is C96H82N16S14. The minimum absolute atomic E-state index is 0.659. The molecule has 0 aliphatic heterocycles. The highest BCUT2D eigenvalue weighted by molar-refractivity contribution is 8.78. The quantitative estimate of drug-likeness (QED) is 0.0127. The van der Waals surface area contributed by atoms with Crippen LogP contribution in [0.15, 0.2) is 420 Å². The van der Waals surface area contributed by atoms with Crippen LogP contribution in [0.4, 0.5) is 136 Å². The van der Waals surface area contributed by atoms with Crippen molar-refractivity contribution in [3.05, 3.63) is 352 Å². The fraction of sp³-hybridized carbons (Fsp3) is 0. The van der Waals surface area contributed by atoms with Gasteiger partial charge in [-0.15, -0.1) is 0 Å². The van der Waals surface area contributed by atoms with Gasteiger partial charge in [-0.3, -0.25) is 0 Å². The van der Waals surface area contributed by atoms with Crippen molar-refractivity contribution in [1.29, 1.82) is 0 Å². The second-order valence-corrected chi connectivity index (χ2v) is 43.4. The summed E-state index contributed by atoms with van der Waals surface area (Å²) in [4.78, 5) is 14.0. The number of nitrogens with two attached hydrogens (primary N) is 8. The summed E-state index contributed by atoms with van der Waals surface area (Å²) in [5, 5.41) is 29.5. The van der Waals surface area contributed by atoms with E-state index in [2.05, 4.69) is 237 Å². The molecule has 0 bridgehead atoms. The van der Waals surface area contributed by atoms with Crippen molar-refractivity contribution in [2.75, 3.05) is 88.4 Å². The van der Waals surface area contributed by atoms with Crippen LogP contribution < -0.4 is 88.4 Å². The predicted molar refractivity (Wildman–Crippen MR) is 567 cm³/mol. The van der Waals surface area contributed by atoms with Gasteiger partial charge in [-0.1, -0.05) is 248 Å². The summed E-state index contributed by atoms with van der Waals surface area (Å²) in [6, 6.07) is 118. The first-order chi connectivity index (χ1) is 61.6. The fourth-order valence-electron chi connectivity index (χ4n) is 12.3. The van der Waals surface area contributed by atoms with E-state index in [1.54, 1.807) is 151 Å². The van der Waals surface area contributed by atoms with Crippen LogP contribution in [0.3, 0.4) is 0 Å². The Labute approximate surface area is 788 Å². The van der Waals surface area contributed by atoms with Crippen molar-refractivity contribution in [3.8, 4) is 0 Å². The molecule has 24 N–H and O–H groups in total. The Balaban J connectivity index is 0.565. The lowest BCUT2D eigenvalue weighted by molar-refractivity contribution is 1.39. The second kappa shape index (κ2) is 43.6. The predicted octanol–water partition coefficient (Wildman–Crippen LogP) is 31.9. The molecule has 0 heterocycles. The Morgan fingerprint density at radius 2 is 0.278 bits per heavy atom. The standard InChI is InChI=1S/C96H82N16S14/c97-69-17-1-9-25-83(69)113-117-87-49-43-63(53-73(87)101)109-79-23-7-15-31-93(79)123-125-95-57-67(41-47-81(95)111-65-45-51-89(75(103)55-65)119-115-85-27-11-3-19-71(85)99)105-59-33-37-61(38-34-59)107-77-21-5-13-29-91(77)121-122-92-30-14-6-22-78(92)108-62-39-35-60(36-40-62)106-68-42-48-82(112-66-46-52-90(76(104)56-66)120-116-86-28-12-4-20-72(86)100)96(58-68)126-124-94-32-16-8-24-80(94)110-64-44-50-88(74(102)54-64)118-114-84-26-10-2-18-70(84)98/h1-58,105-112H,97-104H2. The molecular weight excluding hydrogens is 1830 g/mol. The summed E-state index contributed by atoms with van der Waals surface area (Å²) in [5.74, 6) is 0. The molecule has 0 aromatic heterocycles. The van der Waals surface area contributed by atoms with Gasteiger partial charge in [0.25, 0.3) is 0 Å². The Kier molecular flexibility index (Phi) is 30.7. The first-order valence-electron chi connectivity index (χ1n) is 39.0. The third kappa shape index (κ3) is 24.3. The molecule has 0 fully saturated rings. The topological polar surface area (TPSA) is 304 Å². The fourth-order valence-corrected chi connectivity index (χ4v) is 28.0. The zero-order valence-corrected chi connectivity index (χ0v) is 78.3. The average Bonchev–Trinajstić information content (AvgIpc) is 1.00. The van der Waals surface area contributed by atoms with Crippen molar-refractivity contribution < 1.29 is 0 Å². The Morgan fingerprint density at radius 1 is 0.119 bits per heavy atom. The van der Waals surface area contributed by atoms with Crippen molar-refractivity contribution in [3.63, 3.8) is 0 Å². The molecule has 0 unspecified atom stereocenters. The van der Waals surface area contributed by atoms with E-state index in [-0.39, 0.29) is 0 Å². The molecule has 0 aliphatic carbocycles. The number of nitrogen functional groups attached to an aromatic ring is 8. The van der Waals surface area contributed by atoms with Gasteiger partial charge in [0.2, 0.25) is 0 Å². The van der Waals surface area contributed by atoms with Crippen molar-refractivity contribution in [2.45, 2.75) is 68.5 Å². The summed E-state index contributed by atoms with van der Waals surface area (Å²) in [6.45, 7) is 0. The van der Waals surface area contributed by atoms with Crippen molar-refractivity contribution in [1.82, 2.24) is 0 Å². The molecule has 0 saturated carbocycles. The molecule has 0 amide bonds. The summed E-state index contributed by atoms with van der Waals surface area (Å²) in [5.41, 5.74) is 72.2. The number of anilines is 24. The zero-order chi connectivity index (χ0) is 86.5. The second-order valence-electron chi connectivity index (χ2n) is 27.9. The zero-order valence-electron chi connectivity index (χ0n) is 66.8. The molecule has 630 valence electrons. The molecule has 16 aromatic carbocycles. The van der Waals surface area contributed by atoms with Gasteiger partial charge in [-0.05, 0) is 255 Å². The normalized spacial score (nSPS) is 11.1. The Morgan fingerprint density at radius 3 is 0.516 bits per heavy atom. The Hall–Kier alpha value is -10.8. The van der Waals surface area contributed by atoms with Gasteiger partial charge in [-0.2, -0.15) is 0 Å². The van der Waals surface area contributed by atoms with Gasteiger partial charge in [0.05, 0.1) is 34.1 Å². The minimum Gasteiger partial charge on any atom is -0.398 e. The number of nitrogens with one attached hydrogen (secondary N) is 8. The molecule has 0 radical (unpaired) electrons. The molecule has 0 aliphatic rings. The monoisotopic (exact) mass is 1910 g/mol. The Bertz CT molecular complexity index is 6110. The lowest BCUT2D eigenvalue weighted by Gasteiger charge is -2.17. The third-order valence-corrected chi connectivity index (χ3v) is 36.3.